The molecular weight excluding hydrogens is 300 g/mol. The third-order valence-corrected chi connectivity index (χ3v) is 4.13. The van der Waals surface area contributed by atoms with Crippen LogP contribution in [0.4, 0.5) is 0 Å². The number of rotatable bonds is 18. The Hall–Kier alpha value is -0.120. The molecule has 0 heterocycles. The Kier molecular flexibility index (Phi) is 17.6. The molecule has 0 aliphatic heterocycles. The molecule has 3 nitrogen and oxygen atoms in total. The summed E-state index contributed by atoms with van der Waals surface area (Å²) in [5, 5.41) is 0. The molecule has 0 fully saturated rings. The van der Waals surface area contributed by atoms with Crippen LogP contribution in [0, 0.1) is 6.92 Å². The minimum absolute atomic E-state index is 0.0149. The summed E-state index contributed by atoms with van der Waals surface area (Å²) in [6.45, 7) is 14.2. The average molecular weight is 344 g/mol. The molecular formula is C21H43O3. The van der Waals surface area contributed by atoms with Crippen molar-refractivity contribution < 1.29 is 14.2 Å². The van der Waals surface area contributed by atoms with Gasteiger partial charge < -0.3 is 14.2 Å². The van der Waals surface area contributed by atoms with Gasteiger partial charge in [-0.05, 0) is 34.1 Å². The second kappa shape index (κ2) is 17.7. The largest absolute Gasteiger partial charge is 0.376 e. The molecule has 24 heavy (non-hydrogen) atoms. The SMILES string of the molecule is [CH2]C(C)OCC(C)OCC(C)OCCCCCCCCCCCC. The van der Waals surface area contributed by atoms with Crippen LogP contribution in [0.2, 0.25) is 0 Å². The lowest BCUT2D eigenvalue weighted by molar-refractivity contribution is -0.0631. The second-order valence-corrected chi connectivity index (χ2v) is 7.15. The second-order valence-electron chi connectivity index (χ2n) is 7.15. The summed E-state index contributed by atoms with van der Waals surface area (Å²) < 4.78 is 17.0. The monoisotopic (exact) mass is 343 g/mol. The normalized spacial score (nSPS) is 14.2. The van der Waals surface area contributed by atoms with Crippen LogP contribution in [-0.4, -0.2) is 38.1 Å². The molecule has 3 atom stereocenters. The highest BCUT2D eigenvalue weighted by Crippen LogP contribution is 2.10. The molecule has 0 spiro atoms. The Balaban J connectivity index is 3.27. The Morgan fingerprint density at radius 3 is 1.62 bits per heavy atom. The molecule has 0 aliphatic rings. The third-order valence-electron chi connectivity index (χ3n) is 4.13. The molecule has 0 bridgehead atoms. The van der Waals surface area contributed by atoms with Crippen LogP contribution < -0.4 is 0 Å². The van der Waals surface area contributed by atoms with E-state index in [2.05, 4.69) is 20.8 Å². The van der Waals surface area contributed by atoms with Gasteiger partial charge in [0.05, 0.1) is 31.5 Å². The molecule has 145 valence electrons. The fraction of sp³-hybridized carbons (Fsp3) is 0.952. The van der Waals surface area contributed by atoms with Crippen LogP contribution in [-0.2, 0) is 14.2 Å². The zero-order chi connectivity index (χ0) is 18.0. The smallest absolute Gasteiger partial charge is 0.0781 e. The van der Waals surface area contributed by atoms with Crippen molar-refractivity contribution in [1.29, 1.82) is 0 Å². The van der Waals surface area contributed by atoms with Gasteiger partial charge in [0.15, 0.2) is 0 Å². The van der Waals surface area contributed by atoms with Gasteiger partial charge in [-0.1, -0.05) is 64.7 Å². The first-order chi connectivity index (χ1) is 11.6. The third kappa shape index (κ3) is 18.2. The van der Waals surface area contributed by atoms with Gasteiger partial charge in [-0.2, -0.15) is 0 Å². The summed E-state index contributed by atoms with van der Waals surface area (Å²) in [5.74, 6) is 0. The molecule has 3 unspecified atom stereocenters. The van der Waals surface area contributed by atoms with E-state index in [1.54, 1.807) is 0 Å². The van der Waals surface area contributed by atoms with Gasteiger partial charge in [-0.25, -0.2) is 0 Å². The van der Waals surface area contributed by atoms with Crippen molar-refractivity contribution in [3.8, 4) is 0 Å². The lowest BCUT2D eigenvalue weighted by Crippen LogP contribution is -2.24. The molecule has 3 heteroatoms. The lowest BCUT2D eigenvalue weighted by atomic mass is 10.1. The summed E-state index contributed by atoms with van der Waals surface area (Å²) in [6, 6.07) is 0. The number of hydrogen-bond donors (Lipinski definition) is 0. The molecule has 0 aromatic heterocycles. The van der Waals surface area contributed by atoms with Gasteiger partial charge in [0, 0.05) is 6.61 Å². The molecule has 0 N–H and O–H groups in total. The van der Waals surface area contributed by atoms with Crippen LogP contribution in [0.5, 0.6) is 0 Å². The zero-order valence-corrected chi connectivity index (χ0v) is 16.9. The first-order valence-corrected chi connectivity index (χ1v) is 10.2. The van der Waals surface area contributed by atoms with Crippen molar-refractivity contribution in [1.82, 2.24) is 0 Å². The molecule has 1 radical (unpaired) electrons. The van der Waals surface area contributed by atoms with Crippen LogP contribution in [0.1, 0.15) is 91.9 Å². The standard InChI is InChI=1S/C21H43O3/c1-6-7-8-9-10-11-12-13-14-15-16-22-20(4)18-24-21(5)17-23-19(2)3/h19-21H,2,6-18H2,1,3-5H3. The number of hydrogen-bond acceptors (Lipinski definition) is 3. The average Bonchev–Trinajstić information content (AvgIpc) is 2.56. The molecule has 0 aromatic rings. The van der Waals surface area contributed by atoms with Crippen molar-refractivity contribution >= 4 is 0 Å². The molecule has 0 saturated heterocycles. The fourth-order valence-electron chi connectivity index (χ4n) is 2.57. The van der Waals surface area contributed by atoms with E-state index in [9.17, 15) is 0 Å². The quantitative estimate of drug-likeness (QED) is 0.287. The first kappa shape index (κ1) is 23.9. The lowest BCUT2D eigenvalue weighted by Gasteiger charge is -2.18. The van der Waals surface area contributed by atoms with E-state index in [0.29, 0.717) is 13.2 Å². The summed E-state index contributed by atoms with van der Waals surface area (Å²) >= 11 is 0. The van der Waals surface area contributed by atoms with Gasteiger partial charge in [0.2, 0.25) is 0 Å². The molecule has 0 aliphatic carbocycles. The van der Waals surface area contributed by atoms with Crippen LogP contribution in [0.15, 0.2) is 0 Å². The van der Waals surface area contributed by atoms with E-state index in [1.807, 2.05) is 13.8 Å². The van der Waals surface area contributed by atoms with E-state index in [0.717, 1.165) is 13.0 Å². The predicted octanol–water partition coefficient (Wildman–Crippen LogP) is 5.96. The number of unbranched alkanes of at least 4 members (excludes halogenated alkanes) is 9. The minimum Gasteiger partial charge on any atom is -0.376 e. The summed E-state index contributed by atoms with van der Waals surface area (Å²) in [6.07, 6.45) is 13.8. The minimum atomic E-state index is 0.0149. The molecule has 0 rings (SSSR count). The van der Waals surface area contributed by atoms with Crippen LogP contribution in [0.3, 0.4) is 0 Å². The first-order valence-electron chi connectivity index (χ1n) is 10.2. The van der Waals surface area contributed by atoms with Gasteiger partial charge in [-0.15, -0.1) is 0 Å². The molecule has 0 amide bonds. The van der Waals surface area contributed by atoms with Crippen molar-refractivity contribution in [2.75, 3.05) is 19.8 Å². The highest BCUT2D eigenvalue weighted by atomic mass is 16.6. The maximum atomic E-state index is 5.81. The van der Waals surface area contributed by atoms with E-state index in [4.69, 9.17) is 14.2 Å². The maximum Gasteiger partial charge on any atom is 0.0781 e. The van der Waals surface area contributed by atoms with Crippen LogP contribution in [0.25, 0.3) is 0 Å². The van der Waals surface area contributed by atoms with Gasteiger partial charge in [-0.3, -0.25) is 0 Å². The highest BCUT2D eigenvalue weighted by Gasteiger charge is 2.08. The zero-order valence-electron chi connectivity index (χ0n) is 16.9. The van der Waals surface area contributed by atoms with E-state index in [1.165, 1.54) is 57.8 Å². The van der Waals surface area contributed by atoms with Crippen molar-refractivity contribution in [3.05, 3.63) is 6.92 Å². The Morgan fingerprint density at radius 2 is 1.08 bits per heavy atom. The Labute approximate surface area is 151 Å². The topological polar surface area (TPSA) is 27.7 Å². The fourth-order valence-corrected chi connectivity index (χ4v) is 2.57. The van der Waals surface area contributed by atoms with Gasteiger partial charge in [0.25, 0.3) is 0 Å². The van der Waals surface area contributed by atoms with E-state index in [-0.39, 0.29) is 18.3 Å². The summed E-state index contributed by atoms with van der Waals surface area (Å²) in [5.41, 5.74) is 0. The highest BCUT2D eigenvalue weighted by molar-refractivity contribution is 4.56. The van der Waals surface area contributed by atoms with Crippen molar-refractivity contribution in [3.63, 3.8) is 0 Å². The van der Waals surface area contributed by atoms with Gasteiger partial charge in [0.1, 0.15) is 0 Å². The maximum absolute atomic E-state index is 5.81. The van der Waals surface area contributed by atoms with Crippen molar-refractivity contribution in [2.45, 2.75) is 110 Å². The summed E-state index contributed by atoms with van der Waals surface area (Å²) in [7, 11) is 0. The van der Waals surface area contributed by atoms with E-state index < -0.39 is 0 Å². The Bertz CT molecular complexity index is 243. The van der Waals surface area contributed by atoms with Crippen LogP contribution >= 0.6 is 0 Å². The predicted molar refractivity (Wildman–Crippen MR) is 103 cm³/mol. The number of ether oxygens (including phenoxy) is 3. The summed E-state index contributed by atoms with van der Waals surface area (Å²) in [4.78, 5) is 0. The van der Waals surface area contributed by atoms with Gasteiger partial charge >= 0.3 is 0 Å². The molecule has 0 saturated carbocycles. The van der Waals surface area contributed by atoms with Crippen molar-refractivity contribution in [2.24, 2.45) is 0 Å². The molecule has 0 aromatic carbocycles. The Morgan fingerprint density at radius 1 is 0.625 bits per heavy atom. The van der Waals surface area contributed by atoms with E-state index >= 15 is 0 Å².